The number of thiophene rings is 1. The van der Waals surface area contributed by atoms with Crippen LogP contribution in [0.1, 0.15) is 38.7 Å². The number of rotatable bonds is 7. The van der Waals surface area contributed by atoms with E-state index in [-0.39, 0.29) is 5.54 Å². The summed E-state index contributed by atoms with van der Waals surface area (Å²) in [5, 5.41) is 4.36. The van der Waals surface area contributed by atoms with E-state index >= 15 is 0 Å². The van der Waals surface area contributed by atoms with E-state index in [1.807, 2.05) is 0 Å². The van der Waals surface area contributed by atoms with Crippen molar-refractivity contribution in [1.29, 1.82) is 0 Å². The second-order valence-electron chi connectivity index (χ2n) is 4.52. The topological polar surface area (TPSA) is 29.3 Å². The van der Waals surface area contributed by atoms with E-state index in [9.17, 15) is 0 Å². The third-order valence-corrected chi connectivity index (χ3v) is 4.30. The van der Waals surface area contributed by atoms with E-state index in [1.165, 1.54) is 18.4 Å². The Morgan fingerprint density at radius 3 is 2.62 bits per heavy atom. The van der Waals surface area contributed by atoms with Crippen LogP contribution in [-0.4, -0.2) is 24.0 Å². The van der Waals surface area contributed by atoms with Crippen molar-refractivity contribution in [2.75, 3.05) is 13.6 Å². The van der Waals surface area contributed by atoms with E-state index in [4.69, 9.17) is 5.73 Å². The molecule has 2 N–H and O–H groups in total. The van der Waals surface area contributed by atoms with Crippen molar-refractivity contribution in [3.63, 3.8) is 0 Å². The van der Waals surface area contributed by atoms with E-state index in [0.717, 1.165) is 19.5 Å². The lowest BCUT2D eigenvalue weighted by atomic mass is 9.88. The van der Waals surface area contributed by atoms with Crippen molar-refractivity contribution >= 4 is 11.3 Å². The SMILES string of the molecule is CCCC(CC)(CN)N(C)Cc1ccsc1. The number of nitrogens with zero attached hydrogens (tertiary/aromatic N) is 1. The van der Waals surface area contributed by atoms with E-state index < -0.39 is 0 Å². The van der Waals surface area contributed by atoms with E-state index in [2.05, 4.69) is 42.6 Å². The minimum absolute atomic E-state index is 0.177. The number of likely N-dealkylation sites (N-methyl/N-ethyl adjacent to an activating group) is 1. The fourth-order valence-electron chi connectivity index (χ4n) is 2.33. The predicted molar refractivity (Wildman–Crippen MR) is 72.8 cm³/mol. The summed E-state index contributed by atoms with van der Waals surface area (Å²) in [6.07, 6.45) is 3.50. The van der Waals surface area contributed by atoms with Gasteiger partial charge in [-0.15, -0.1) is 0 Å². The molecule has 0 aliphatic carbocycles. The van der Waals surface area contributed by atoms with Crippen LogP contribution in [0.2, 0.25) is 0 Å². The fraction of sp³-hybridized carbons (Fsp3) is 0.692. The van der Waals surface area contributed by atoms with Crippen LogP contribution in [0, 0.1) is 0 Å². The molecule has 1 rings (SSSR count). The second kappa shape index (κ2) is 6.38. The summed E-state index contributed by atoms with van der Waals surface area (Å²) >= 11 is 1.76. The predicted octanol–water partition coefficient (Wildman–Crippen LogP) is 3.09. The lowest BCUT2D eigenvalue weighted by molar-refractivity contribution is 0.102. The number of hydrogen-bond donors (Lipinski definition) is 1. The molecule has 0 spiro atoms. The Hall–Kier alpha value is -0.380. The molecule has 0 radical (unpaired) electrons. The highest BCUT2D eigenvalue weighted by molar-refractivity contribution is 7.07. The van der Waals surface area contributed by atoms with Gasteiger partial charge < -0.3 is 5.73 Å². The quantitative estimate of drug-likeness (QED) is 0.793. The molecule has 0 amide bonds. The zero-order valence-corrected chi connectivity index (χ0v) is 11.5. The molecule has 0 fully saturated rings. The number of nitrogens with two attached hydrogens (primary N) is 1. The first-order valence-corrected chi connectivity index (χ1v) is 7.05. The average molecular weight is 240 g/mol. The zero-order valence-electron chi connectivity index (χ0n) is 10.7. The van der Waals surface area contributed by atoms with Gasteiger partial charge in [-0.1, -0.05) is 20.3 Å². The molecule has 92 valence electrons. The first-order valence-electron chi connectivity index (χ1n) is 6.11. The van der Waals surface area contributed by atoms with Gasteiger partial charge in [-0.05, 0) is 42.3 Å². The van der Waals surface area contributed by atoms with Gasteiger partial charge in [0.25, 0.3) is 0 Å². The Morgan fingerprint density at radius 1 is 1.44 bits per heavy atom. The van der Waals surface area contributed by atoms with Crippen LogP contribution in [0.5, 0.6) is 0 Å². The summed E-state index contributed by atoms with van der Waals surface area (Å²) in [6, 6.07) is 2.20. The second-order valence-corrected chi connectivity index (χ2v) is 5.30. The van der Waals surface area contributed by atoms with Gasteiger partial charge in [0.05, 0.1) is 0 Å². The van der Waals surface area contributed by atoms with Crippen LogP contribution in [0.25, 0.3) is 0 Å². The molecule has 0 aromatic carbocycles. The summed E-state index contributed by atoms with van der Waals surface area (Å²) in [7, 11) is 2.20. The van der Waals surface area contributed by atoms with Crippen molar-refractivity contribution in [3.05, 3.63) is 22.4 Å². The van der Waals surface area contributed by atoms with Gasteiger partial charge in [-0.25, -0.2) is 0 Å². The average Bonchev–Trinajstić information content (AvgIpc) is 2.78. The van der Waals surface area contributed by atoms with Gasteiger partial charge in [0.2, 0.25) is 0 Å². The summed E-state index contributed by atoms with van der Waals surface area (Å²) in [5.41, 5.74) is 7.57. The molecule has 0 aliphatic rings. The van der Waals surface area contributed by atoms with Gasteiger partial charge in [0, 0.05) is 18.6 Å². The van der Waals surface area contributed by atoms with Crippen LogP contribution in [0.15, 0.2) is 16.8 Å². The van der Waals surface area contributed by atoms with Gasteiger partial charge >= 0.3 is 0 Å². The van der Waals surface area contributed by atoms with Gasteiger partial charge in [-0.2, -0.15) is 11.3 Å². The molecule has 3 heteroatoms. The maximum absolute atomic E-state index is 6.00. The fourth-order valence-corrected chi connectivity index (χ4v) is 2.99. The van der Waals surface area contributed by atoms with Crippen LogP contribution < -0.4 is 5.73 Å². The lowest BCUT2D eigenvalue weighted by Gasteiger charge is -2.40. The van der Waals surface area contributed by atoms with Gasteiger partial charge in [0.1, 0.15) is 0 Å². The molecule has 1 heterocycles. The maximum atomic E-state index is 6.00. The lowest BCUT2D eigenvalue weighted by Crippen LogP contribution is -2.51. The molecule has 1 unspecified atom stereocenters. The minimum atomic E-state index is 0.177. The summed E-state index contributed by atoms with van der Waals surface area (Å²) in [5.74, 6) is 0. The monoisotopic (exact) mass is 240 g/mol. The molecule has 0 saturated carbocycles. The van der Waals surface area contributed by atoms with Crippen LogP contribution in [0.3, 0.4) is 0 Å². The standard InChI is InChI=1S/C13H24N2S/c1-4-7-13(5-2,11-14)15(3)9-12-6-8-16-10-12/h6,8,10H,4-5,7,9,11,14H2,1-3H3. The van der Waals surface area contributed by atoms with E-state index in [1.54, 1.807) is 11.3 Å². The Morgan fingerprint density at radius 2 is 2.19 bits per heavy atom. The normalized spacial score (nSPS) is 15.3. The molecular formula is C13H24N2S. The molecule has 0 bridgehead atoms. The molecule has 1 aromatic heterocycles. The maximum Gasteiger partial charge on any atom is 0.0329 e. The highest BCUT2D eigenvalue weighted by atomic mass is 32.1. The number of hydrogen-bond acceptors (Lipinski definition) is 3. The van der Waals surface area contributed by atoms with Gasteiger partial charge in [0.15, 0.2) is 0 Å². The molecule has 16 heavy (non-hydrogen) atoms. The van der Waals surface area contributed by atoms with Crippen molar-refractivity contribution in [1.82, 2.24) is 4.90 Å². The Labute approximate surface area is 103 Å². The smallest absolute Gasteiger partial charge is 0.0329 e. The van der Waals surface area contributed by atoms with Crippen molar-refractivity contribution < 1.29 is 0 Å². The van der Waals surface area contributed by atoms with Crippen LogP contribution in [-0.2, 0) is 6.54 Å². The summed E-state index contributed by atoms with van der Waals surface area (Å²) in [4.78, 5) is 2.43. The summed E-state index contributed by atoms with van der Waals surface area (Å²) in [6.45, 7) is 6.23. The first-order chi connectivity index (χ1) is 7.68. The summed E-state index contributed by atoms with van der Waals surface area (Å²) < 4.78 is 0. The largest absolute Gasteiger partial charge is 0.329 e. The third kappa shape index (κ3) is 3.06. The molecule has 0 aliphatic heterocycles. The van der Waals surface area contributed by atoms with Crippen molar-refractivity contribution in [2.24, 2.45) is 5.73 Å². The molecule has 0 saturated heterocycles. The Bertz CT molecular complexity index is 278. The van der Waals surface area contributed by atoms with Crippen LogP contribution in [0.4, 0.5) is 0 Å². The minimum Gasteiger partial charge on any atom is -0.329 e. The van der Waals surface area contributed by atoms with Crippen molar-refractivity contribution in [2.45, 2.75) is 45.2 Å². The molecule has 1 atom stereocenters. The van der Waals surface area contributed by atoms with Gasteiger partial charge in [-0.3, -0.25) is 4.90 Å². The first kappa shape index (κ1) is 13.7. The zero-order chi connectivity index (χ0) is 12.0. The highest BCUT2D eigenvalue weighted by Gasteiger charge is 2.30. The van der Waals surface area contributed by atoms with Crippen LogP contribution >= 0.6 is 11.3 Å². The van der Waals surface area contributed by atoms with E-state index in [0.29, 0.717) is 0 Å². The Kier molecular flexibility index (Phi) is 5.46. The molecular weight excluding hydrogens is 216 g/mol. The molecule has 2 nitrogen and oxygen atoms in total. The Balaban J connectivity index is 2.70. The molecule has 1 aromatic rings. The highest BCUT2D eigenvalue weighted by Crippen LogP contribution is 2.25. The van der Waals surface area contributed by atoms with Crippen molar-refractivity contribution in [3.8, 4) is 0 Å². The third-order valence-electron chi connectivity index (χ3n) is 3.56.